The number of rotatable bonds is 4. The van der Waals surface area contributed by atoms with Gasteiger partial charge in [-0.15, -0.1) is 0 Å². The molecule has 1 aromatic carbocycles. The van der Waals surface area contributed by atoms with Crippen LogP contribution in [0.4, 0.5) is 0 Å². The van der Waals surface area contributed by atoms with E-state index in [9.17, 15) is 0 Å². The lowest BCUT2D eigenvalue weighted by molar-refractivity contribution is 0.216. The van der Waals surface area contributed by atoms with Crippen molar-refractivity contribution in [2.45, 2.75) is 25.4 Å². The first-order valence-electron chi connectivity index (χ1n) is 7.40. The van der Waals surface area contributed by atoms with Gasteiger partial charge in [0.2, 0.25) is 0 Å². The predicted molar refractivity (Wildman–Crippen MR) is 79.3 cm³/mol. The molecule has 108 valence electrons. The standard InChI is InChI=1S/C16H22N2O2/c1-19-14-4-2-3-13(10-14)15-11-18-16(20-15)9-12-5-7-17-8-6-12/h2-4,10,12,15,17H,5-9,11H2,1H3. The van der Waals surface area contributed by atoms with Crippen molar-refractivity contribution in [2.75, 3.05) is 26.7 Å². The molecule has 0 aromatic heterocycles. The number of ether oxygens (including phenoxy) is 2. The van der Waals surface area contributed by atoms with E-state index in [0.717, 1.165) is 49.2 Å². The van der Waals surface area contributed by atoms with Crippen LogP contribution in [0.3, 0.4) is 0 Å². The van der Waals surface area contributed by atoms with Crippen molar-refractivity contribution in [3.63, 3.8) is 0 Å². The van der Waals surface area contributed by atoms with E-state index < -0.39 is 0 Å². The lowest BCUT2D eigenvalue weighted by atomic mass is 9.95. The molecule has 2 heterocycles. The van der Waals surface area contributed by atoms with Crippen molar-refractivity contribution in [3.05, 3.63) is 29.8 Å². The van der Waals surface area contributed by atoms with Crippen LogP contribution in [-0.4, -0.2) is 32.6 Å². The first-order chi connectivity index (χ1) is 9.85. The van der Waals surface area contributed by atoms with Crippen LogP contribution in [0.5, 0.6) is 5.75 Å². The number of hydrogen-bond donors (Lipinski definition) is 1. The van der Waals surface area contributed by atoms with Crippen LogP contribution >= 0.6 is 0 Å². The van der Waals surface area contributed by atoms with Gasteiger partial charge < -0.3 is 14.8 Å². The highest BCUT2D eigenvalue weighted by atomic mass is 16.5. The minimum absolute atomic E-state index is 0.0572. The van der Waals surface area contributed by atoms with Crippen LogP contribution in [-0.2, 0) is 4.74 Å². The number of nitrogens with zero attached hydrogens (tertiary/aromatic N) is 1. The van der Waals surface area contributed by atoms with Crippen molar-refractivity contribution < 1.29 is 9.47 Å². The summed E-state index contributed by atoms with van der Waals surface area (Å²) < 4.78 is 11.3. The Morgan fingerprint density at radius 2 is 2.20 bits per heavy atom. The zero-order valence-corrected chi connectivity index (χ0v) is 12.0. The third-order valence-electron chi connectivity index (χ3n) is 4.10. The third kappa shape index (κ3) is 3.12. The molecule has 1 N–H and O–H groups in total. The fourth-order valence-corrected chi connectivity index (χ4v) is 2.88. The normalized spacial score (nSPS) is 23.2. The second-order valence-corrected chi connectivity index (χ2v) is 5.52. The Morgan fingerprint density at radius 3 is 3.00 bits per heavy atom. The molecule has 2 aliphatic rings. The summed E-state index contributed by atoms with van der Waals surface area (Å²) in [7, 11) is 1.69. The third-order valence-corrected chi connectivity index (χ3v) is 4.10. The van der Waals surface area contributed by atoms with Gasteiger partial charge in [-0.25, -0.2) is 0 Å². The first kappa shape index (κ1) is 13.4. The minimum Gasteiger partial charge on any atom is -0.497 e. The molecule has 4 heteroatoms. The maximum absolute atomic E-state index is 6.02. The van der Waals surface area contributed by atoms with E-state index in [1.165, 1.54) is 12.8 Å². The van der Waals surface area contributed by atoms with Gasteiger partial charge in [0.25, 0.3) is 0 Å². The summed E-state index contributed by atoms with van der Waals surface area (Å²) in [5.74, 6) is 2.53. The topological polar surface area (TPSA) is 42.8 Å². The van der Waals surface area contributed by atoms with Crippen molar-refractivity contribution in [3.8, 4) is 5.75 Å². The van der Waals surface area contributed by atoms with Gasteiger partial charge in [0.1, 0.15) is 11.9 Å². The highest BCUT2D eigenvalue weighted by Crippen LogP contribution is 2.28. The van der Waals surface area contributed by atoms with E-state index >= 15 is 0 Å². The summed E-state index contributed by atoms with van der Waals surface area (Å²) in [6, 6.07) is 8.07. The molecule has 1 atom stereocenters. The number of hydrogen-bond acceptors (Lipinski definition) is 4. The molecule has 1 fully saturated rings. The summed E-state index contributed by atoms with van der Waals surface area (Å²) in [5.41, 5.74) is 1.15. The van der Waals surface area contributed by atoms with Crippen molar-refractivity contribution in [1.82, 2.24) is 5.32 Å². The SMILES string of the molecule is COc1cccc(C2CN=C(CC3CCNCC3)O2)c1. The lowest BCUT2D eigenvalue weighted by Crippen LogP contribution is -2.29. The zero-order valence-electron chi connectivity index (χ0n) is 12.0. The Bertz CT molecular complexity index is 481. The molecule has 1 unspecified atom stereocenters. The number of methoxy groups -OCH3 is 1. The molecule has 3 rings (SSSR count). The Hall–Kier alpha value is -1.55. The quantitative estimate of drug-likeness (QED) is 0.917. The molecule has 0 aliphatic carbocycles. The second kappa shape index (κ2) is 6.27. The lowest BCUT2D eigenvalue weighted by Gasteiger charge is -2.22. The van der Waals surface area contributed by atoms with E-state index in [4.69, 9.17) is 9.47 Å². The van der Waals surface area contributed by atoms with Gasteiger partial charge in [0, 0.05) is 6.42 Å². The first-order valence-corrected chi connectivity index (χ1v) is 7.40. The Balaban J connectivity index is 1.57. The molecule has 2 aliphatic heterocycles. The largest absolute Gasteiger partial charge is 0.497 e. The van der Waals surface area contributed by atoms with Crippen LogP contribution in [0.25, 0.3) is 0 Å². The van der Waals surface area contributed by atoms with Gasteiger partial charge in [0.15, 0.2) is 5.90 Å². The molecule has 0 bridgehead atoms. The smallest absolute Gasteiger partial charge is 0.184 e. The molecule has 1 saturated heterocycles. The number of benzene rings is 1. The van der Waals surface area contributed by atoms with Gasteiger partial charge in [0.05, 0.1) is 13.7 Å². The molecule has 1 aromatic rings. The summed E-state index contributed by atoms with van der Waals surface area (Å²) in [4.78, 5) is 4.58. The van der Waals surface area contributed by atoms with Gasteiger partial charge >= 0.3 is 0 Å². The van der Waals surface area contributed by atoms with Gasteiger partial charge in [-0.2, -0.15) is 0 Å². The maximum atomic E-state index is 6.02. The van der Waals surface area contributed by atoms with Crippen LogP contribution in [0.1, 0.15) is 30.9 Å². The van der Waals surface area contributed by atoms with E-state index in [0.29, 0.717) is 0 Å². The molecular weight excluding hydrogens is 252 g/mol. The summed E-state index contributed by atoms with van der Waals surface area (Å²) >= 11 is 0. The van der Waals surface area contributed by atoms with Crippen molar-refractivity contribution >= 4 is 5.90 Å². The van der Waals surface area contributed by atoms with Crippen LogP contribution in [0, 0.1) is 5.92 Å². The van der Waals surface area contributed by atoms with Crippen LogP contribution in [0.2, 0.25) is 0 Å². The summed E-state index contributed by atoms with van der Waals surface area (Å²) in [6.45, 7) is 2.97. The zero-order chi connectivity index (χ0) is 13.8. The number of piperidine rings is 1. The van der Waals surface area contributed by atoms with E-state index in [2.05, 4.69) is 16.4 Å². The summed E-state index contributed by atoms with van der Waals surface area (Å²) in [5, 5.41) is 3.39. The second-order valence-electron chi connectivity index (χ2n) is 5.52. The monoisotopic (exact) mass is 274 g/mol. The van der Waals surface area contributed by atoms with Crippen LogP contribution < -0.4 is 10.1 Å². The van der Waals surface area contributed by atoms with Gasteiger partial charge in [-0.05, 0) is 49.5 Å². The van der Waals surface area contributed by atoms with Gasteiger partial charge in [-0.1, -0.05) is 12.1 Å². The molecule has 0 spiro atoms. The molecule has 0 saturated carbocycles. The minimum atomic E-state index is 0.0572. The Kier molecular flexibility index (Phi) is 4.21. The Morgan fingerprint density at radius 1 is 1.35 bits per heavy atom. The molecule has 20 heavy (non-hydrogen) atoms. The van der Waals surface area contributed by atoms with E-state index in [1.807, 2.05) is 18.2 Å². The molecule has 4 nitrogen and oxygen atoms in total. The molecule has 0 radical (unpaired) electrons. The van der Waals surface area contributed by atoms with Crippen molar-refractivity contribution in [2.24, 2.45) is 10.9 Å². The fourth-order valence-electron chi connectivity index (χ4n) is 2.88. The highest BCUT2D eigenvalue weighted by Gasteiger charge is 2.24. The van der Waals surface area contributed by atoms with Gasteiger partial charge in [-0.3, -0.25) is 4.99 Å². The average molecular weight is 274 g/mol. The van der Waals surface area contributed by atoms with E-state index in [1.54, 1.807) is 7.11 Å². The molecule has 0 amide bonds. The van der Waals surface area contributed by atoms with Crippen molar-refractivity contribution in [1.29, 1.82) is 0 Å². The highest BCUT2D eigenvalue weighted by molar-refractivity contribution is 5.78. The maximum Gasteiger partial charge on any atom is 0.184 e. The summed E-state index contributed by atoms with van der Waals surface area (Å²) in [6.07, 6.45) is 3.50. The van der Waals surface area contributed by atoms with Crippen LogP contribution in [0.15, 0.2) is 29.3 Å². The number of aliphatic imine (C=N–C) groups is 1. The Labute approximate surface area is 120 Å². The van der Waals surface area contributed by atoms with E-state index in [-0.39, 0.29) is 6.10 Å². The fraction of sp³-hybridized carbons (Fsp3) is 0.562. The molecular formula is C16H22N2O2. The number of nitrogens with one attached hydrogen (secondary N) is 1. The predicted octanol–water partition coefficient (Wildman–Crippen LogP) is 2.55. The average Bonchev–Trinajstić information content (AvgIpc) is 2.97.